The van der Waals surface area contributed by atoms with Gasteiger partial charge in [0, 0.05) is 24.7 Å². The second-order valence-electron chi connectivity index (χ2n) is 5.49. The number of rotatable bonds is 6. The summed E-state index contributed by atoms with van der Waals surface area (Å²) in [6, 6.07) is 2.25. The van der Waals surface area contributed by atoms with Crippen molar-refractivity contribution >= 4 is 5.82 Å². The van der Waals surface area contributed by atoms with Gasteiger partial charge in [-0.2, -0.15) is 0 Å². The molecule has 0 unspecified atom stereocenters. The first kappa shape index (κ1) is 11.9. The predicted octanol–water partition coefficient (Wildman–Crippen LogP) is 2.32. The minimum atomic E-state index is -0.244. The van der Waals surface area contributed by atoms with E-state index in [1.807, 2.05) is 7.05 Å². The number of halogens is 1. The molecule has 0 atom stereocenters. The Labute approximate surface area is 107 Å². The summed E-state index contributed by atoms with van der Waals surface area (Å²) in [5.74, 6) is 1.58. The van der Waals surface area contributed by atoms with Crippen molar-refractivity contribution in [2.45, 2.75) is 38.3 Å². The maximum absolute atomic E-state index is 13.3. The Morgan fingerprint density at radius 1 is 1.39 bits per heavy atom. The summed E-state index contributed by atoms with van der Waals surface area (Å²) >= 11 is 0. The van der Waals surface area contributed by atoms with Gasteiger partial charge in [0.05, 0.1) is 6.20 Å². The van der Waals surface area contributed by atoms with Crippen LogP contribution in [-0.4, -0.2) is 24.6 Å². The quantitative estimate of drug-likeness (QED) is 0.838. The highest BCUT2D eigenvalue weighted by atomic mass is 19.1. The molecule has 0 spiro atoms. The molecule has 2 aliphatic carbocycles. The smallest absolute Gasteiger partial charge is 0.141 e. The van der Waals surface area contributed by atoms with Crippen molar-refractivity contribution < 1.29 is 4.39 Å². The van der Waals surface area contributed by atoms with Crippen LogP contribution in [0.5, 0.6) is 0 Å². The molecular formula is C14H20FN3. The molecule has 1 N–H and O–H groups in total. The SMILES string of the molecule is CNCc1cc(F)cnc1N(CC1CC1)C1CC1. The highest BCUT2D eigenvalue weighted by Gasteiger charge is 2.35. The van der Waals surface area contributed by atoms with E-state index in [9.17, 15) is 4.39 Å². The number of aromatic nitrogens is 1. The van der Waals surface area contributed by atoms with Crippen molar-refractivity contribution in [1.82, 2.24) is 10.3 Å². The first-order chi connectivity index (χ1) is 8.78. The standard InChI is InChI=1S/C14H20FN3/c1-16-7-11-6-12(15)8-17-14(11)18(13-4-5-13)9-10-2-3-10/h6,8,10,13,16H,2-5,7,9H2,1H3. The lowest BCUT2D eigenvalue weighted by atomic mass is 10.2. The Bertz CT molecular complexity index is 427. The average molecular weight is 249 g/mol. The van der Waals surface area contributed by atoms with Gasteiger partial charge in [-0.1, -0.05) is 0 Å². The van der Waals surface area contributed by atoms with Gasteiger partial charge in [0.1, 0.15) is 11.6 Å². The lowest BCUT2D eigenvalue weighted by Crippen LogP contribution is -2.30. The van der Waals surface area contributed by atoms with Gasteiger partial charge in [-0.25, -0.2) is 9.37 Å². The van der Waals surface area contributed by atoms with Crippen LogP contribution in [0.1, 0.15) is 31.2 Å². The van der Waals surface area contributed by atoms with E-state index in [0.29, 0.717) is 12.6 Å². The van der Waals surface area contributed by atoms with Crippen molar-refractivity contribution in [2.24, 2.45) is 5.92 Å². The second-order valence-corrected chi connectivity index (χ2v) is 5.49. The molecule has 1 aromatic rings. The lowest BCUT2D eigenvalue weighted by molar-refractivity contribution is 0.612. The fourth-order valence-electron chi connectivity index (χ4n) is 2.43. The van der Waals surface area contributed by atoms with E-state index in [0.717, 1.165) is 23.8 Å². The molecular weight excluding hydrogens is 229 g/mol. The van der Waals surface area contributed by atoms with Gasteiger partial charge in [-0.3, -0.25) is 0 Å². The average Bonchev–Trinajstić information content (AvgIpc) is 3.22. The summed E-state index contributed by atoms with van der Waals surface area (Å²) < 4.78 is 13.3. The van der Waals surface area contributed by atoms with Crippen molar-refractivity contribution in [3.63, 3.8) is 0 Å². The normalized spacial score (nSPS) is 19.0. The Hall–Kier alpha value is -1.16. The van der Waals surface area contributed by atoms with Crippen LogP contribution >= 0.6 is 0 Å². The Balaban J connectivity index is 1.86. The van der Waals surface area contributed by atoms with E-state index in [1.54, 1.807) is 6.07 Å². The van der Waals surface area contributed by atoms with Crippen LogP contribution in [-0.2, 0) is 6.54 Å². The highest BCUT2D eigenvalue weighted by molar-refractivity contribution is 5.49. The monoisotopic (exact) mass is 249 g/mol. The third kappa shape index (κ3) is 2.64. The Morgan fingerprint density at radius 3 is 2.78 bits per heavy atom. The summed E-state index contributed by atoms with van der Waals surface area (Å²) in [5.41, 5.74) is 0.977. The number of pyridine rings is 1. The van der Waals surface area contributed by atoms with Gasteiger partial charge >= 0.3 is 0 Å². The molecule has 3 rings (SSSR count). The zero-order chi connectivity index (χ0) is 12.5. The molecule has 0 bridgehead atoms. The Kier molecular flexibility index (Phi) is 3.20. The van der Waals surface area contributed by atoms with Crippen molar-refractivity contribution in [3.8, 4) is 0 Å². The Morgan fingerprint density at radius 2 is 2.17 bits per heavy atom. The second kappa shape index (κ2) is 4.84. The van der Waals surface area contributed by atoms with E-state index in [1.165, 1.54) is 31.9 Å². The molecule has 4 heteroatoms. The molecule has 0 amide bonds. The summed E-state index contributed by atoms with van der Waals surface area (Å²) in [6.07, 6.45) is 6.53. The molecule has 0 saturated heterocycles. The van der Waals surface area contributed by atoms with Crippen LogP contribution in [0.15, 0.2) is 12.3 Å². The maximum Gasteiger partial charge on any atom is 0.141 e. The molecule has 1 aromatic heterocycles. The van der Waals surface area contributed by atoms with E-state index < -0.39 is 0 Å². The third-order valence-corrected chi connectivity index (χ3v) is 3.69. The predicted molar refractivity (Wildman–Crippen MR) is 70.1 cm³/mol. The van der Waals surface area contributed by atoms with Gasteiger partial charge in [0.15, 0.2) is 0 Å². The maximum atomic E-state index is 13.3. The van der Waals surface area contributed by atoms with Gasteiger partial charge in [-0.05, 0) is 44.7 Å². The fourth-order valence-corrected chi connectivity index (χ4v) is 2.43. The highest BCUT2D eigenvalue weighted by Crippen LogP contribution is 2.38. The molecule has 0 aromatic carbocycles. The number of hydrogen-bond donors (Lipinski definition) is 1. The first-order valence-corrected chi connectivity index (χ1v) is 6.83. The molecule has 3 nitrogen and oxygen atoms in total. The summed E-state index contributed by atoms with van der Waals surface area (Å²) in [4.78, 5) is 6.76. The number of nitrogens with zero attached hydrogens (tertiary/aromatic N) is 2. The molecule has 2 saturated carbocycles. The summed E-state index contributed by atoms with van der Waals surface area (Å²) in [5, 5.41) is 3.10. The topological polar surface area (TPSA) is 28.2 Å². The first-order valence-electron chi connectivity index (χ1n) is 6.83. The van der Waals surface area contributed by atoms with Crippen LogP contribution in [0.3, 0.4) is 0 Å². The molecule has 98 valence electrons. The number of hydrogen-bond acceptors (Lipinski definition) is 3. The largest absolute Gasteiger partial charge is 0.353 e. The minimum Gasteiger partial charge on any atom is -0.353 e. The third-order valence-electron chi connectivity index (χ3n) is 3.69. The summed E-state index contributed by atoms with van der Waals surface area (Å²) in [6.45, 7) is 1.77. The van der Waals surface area contributed by atoms with Crippen molar-refractivity contribution in [1.29, 1.82) is 0 Å². The van der Waals surface area contributed by atoms with Gasteiger partial charge in [-0.15, -0.1) is 0 Å². The van der Waals surface area contributed by atoms with Crippen molar-refractivity contribution in [3.05, 3.63) is 23.6 Å². The minimum absolute atomic E-state index is 0.244. The van der Waals surface area contributed by atoms with E-state index in [4.69, 9.17) is 0 Å². The molecule has 18 heavy (non-hydrogen) atoms. The zero-order valence-corrected chi connectivity index (χ0v) is 10.8. The van der Waals surface area contributed by atoms with Crippen molar-refractivity contribution in [2.75, 3.05) is 18.5 Å². The molecule has 0 aliphatic heterocycles. The van der Waals surface area contributed by atoms with Crippen LogP contribution in [0.25, 0.3) is 0 Å². The summed E-state index contributed by atoms with van der Waals surface area (Å²) in [7, 11) is 1.89. The fraction of sp³-hybridized carbons (Fsp3) is 0.643. The molecule has 1 heterocycles. The number of anilines is 1. The molecule has 2 fully saturated rings. The van der Waals surface area contributed by atoms with Crippen LogP contribution < -0.4 is 10.2 Å². The molecule has 2 aliphatic rings. The van der Waals surface area contributed by atoms with Gasteiger partial charge < -0.3 is 10.2 Å². The number of nitrogens with one attached hydrogen (secondary N) is 1. The van der Waals surface area contributed by atoms with Crippen LogP contribution in [0, 0.1) is 11.7 Å². The van der Waals surface area contributed by atoms with E-state index in [2.05, 4.69) is 15.2 Å². The lowest BCUT2D eigenvalue weighted by Gasteiger charge is -2.26. The van der Waals surface area contributed by atoms with E-state index >= 15 is 0 Å². The van der Waals surface area contributed by atoms with Gasteiger partial charge in [0.25, 0.3) is 0 Å². The van der Waals surface area contributed by atoms with Crippen LogP contribution in [0.2, 0.25) is 0 Å². The van der Waals surface area contributed by atoms with Gasteiger partial charge in [0.2, 0.25) is 0 Å². The van der Waals surface area contributed by atoms with Crippen LogP contribution in [0.4, 0.5) is 10.2 Å². The van der Waals surface area contributed by atoms with E-state index in [-0.39, 0.29) is 5.82 Å². The molecule has 0 radical (unpaired) electrons. The zero-order valence-electron chi connectivity index (χ0n) is 10.8.